The number of phenols is 1. The lowest BCUT2D eigenvalue weighted by molar-refractivity contribution is -0.146. The van der Waals surface area contributed by atoms with Crippen molar-refractivity contribution in [3.8, 4) is 5.75 Å². The molecule has 0 aromatic heterocycles. The van der Waals surface area contributed by atoms with Crippen LogP contribution in [-0.2, 0) is 64.0 Å². The fraction of sp³-hybridized carbons (Fsp3) is 0.581. The van der Waals surface area contributed by atoms with Crippen LogP contribution < -0.4 is 60.2 Å². The molecule has 0 radical (unpaired) electrons. The molecule has 72 heavy (non-hydrogen) atoms. The number of phenolic OH excluding ortho intramolecular Hbond substituents is 1. The van der Waals surface area contributed by atoms with Gasteiger partial charge in [0.2, 0.25) is 59.1 Å². The molecule has 1 aliphatic rings. The quantitative estimate of drug-likeness (QED) is 0.0307. The van der Waals surface area contributed by atoms with E-state index < -0.39 is 151 Å². The SMILES string of the molecule is C[C@H](NC(=O)[C@H](CO)NC(=O)[C@H](CC(N)=O)NC(=O)[C@H](Cc1ccc(O)cc1)NC(=O)[C@H](CCCCN)NC(=O)[C@@H](N)CCC(N)=O)C(=O)N1CCC[C@H]1C(=O)N[C@@H](CC(=O)O)C(=O)N[C@H](C(=O)O)[C@@H](C)O. The van der Waals surface area contributed by atoms with Gasteiger partial charge in [0, 0.05) is 19.4 Å². The lowest BCUT2D eigenvalue weighted by Gasteiger charge is -2.29. The van der Waals surface area contributed by atoms with Gasteiger partial charge in [-0.1, -0.05) is 12.1 Å². The molecular weight excluding hydrogens is 957 g/mol. The summed E-state index contributed by atoms with van der Waals surface area (Å²) in [5, 5.41) is 64.3. The van der Waals surface area contributed by atoms with Crippen LogP contribution in [0.5, 0.6) is 5.75 Å². The number of likely N-dealkylation sites (tertiary alicyclic amines) is 1. The van der Waals surface area contributed by atoms with Crippen molar-refractivity contribution in [3.63, 3.8) is 0 Å². The van der Waals surface area contributed by atoms with E-state index in [1.54, 1.807) is 0 Å². The molecule has 10 atom stereocenters. The van der Waals surface area contributed by atoms with Gasteiger partial charge in [-0.15, -0.1) is 0 Å². The third-order valence-electron chi connectivity index (χ3n) is 11.1. The molecule has 0 spiro atoms. The van der Waals surface area contributed by atoms with Crippen LogP contribution in [-0.4, -0.2) is 182 Å². The van der Waals surface area contributed by atoms with Gasteiger partial charge in [0.15, 0.2) is 6.04 Å². The third-order valence-corrected chi connectivity index (χ3v) is 11.1. The maximum absolute atomic E-state index is 14.0. The van der Waals surface area contributed by atoms with Gasteiger partial charge in [0.25, 0.3) is 0 Å². The normalized spacial score (nSPS) is 16.9. The average Bonchev–Trinajstić information content (AvgIpc) is 3.80. The number of rotatable bonds is 31. The van der Waals surface area contributed by atoms with E-state index in [4.69, 9.17) is 22.9 Å². The number of aliphatic carboxylic acids is 2. The van der Waals surface area contributed by atoms with Crippen molar-refractivity contribution >= 4 is 71.0 Å². The topological polar surface area (TPSA) is 498 Å². The molecule has 29 nitrogen and oxygen atoms in total. The third kappa shape index (κ3) is 20.1. The predicted octanol–water partition coefficient (Wildman–Crippen LogP) is -7.13. The van der Waals surface area contributed by atoms with Crippen molar-refractivity contribution in [2.75, 3.05) is 19.7 Å². The Morgan fingerprint density at radius 3 is 1.78 bits per heavy atom. The van der Waals surface area contributed by atoms with Crippen molar-refractivity contribution in [2.24, 2.45) is 22.9 Å². The number of nitrogens with zero attached hydrogens (tertiary/aromatic N) is 1. The van der Waals surface area contributed by atoms with Gasteiger partial charge in [-0.05, 0) is 76.6 Å². The van der Waals surface area contributed by atoms with Crippen molar-refractivity contribution in [1.29, 1.82) is 0 Å². The number of aliphatic hydroxyl groups excluding tert-OH is 2. The minimum Gasteiger partial charge on any atom is -0.508 e. The Labute approximate surface area is 412 Å². The largest absolute Gasteiger partial charge is 0.508 e. The van der Waals surface area contributed by atoms with E-state index in [1.807, 2.05) is 5.32 Å². The lowest BCUT2D eigenvalue weighted by Crippen LogP contribution is -2.61. The molecule has 2 rings (SSSR count). The summed E-state index contributed by atoms with van der Waals surface area (Å²) in [6, 6.07) is -8.92. The molecule has 20 N–H and O–H groups in total. The number of amides is 10. The zero-order chi connectivity index (χ0) is 54.4. The number of carbonyl (C=O) groups is 12. The van der Waals surface area contributed by atoms with E-state index in [2.05, 4.69) is 31.9 Å². The molecule has 0 saturated carbocycles. The molecule has 1 saturated heterocycles. The Bertz CT molecular complexity index is 2130. The van der Waals surface area contributed by atoms with E-state index in [1.165, 1.54) is 31.2 Å². The number of aromatic hydroxyl groups is 1. The van der Waals surface area contributed by atoms with Crippen LogP contribution in [0, 0.1) is 0 Å². The second-order valence-corrected chi connectivity index (χ2v) is 17.0. The smallest absolute Gasteiger partial charge is 0.328 e. The number of carbonyl (C=O) groups excluding carboxylic acids is 10. The highest BCUT2D eigenvalue weighted by Crippen LogP contribution is 2.20. The number of primary amides is 2. The first-order chi connectivity index (χ1) is 33.8. The Morgan fingerprint density at radius 2 is 1.22 bits per heavy atom. The van der Waals surface area contributed by atoms with Crippen LogP contribution in [0.25, 0.3) is 0 Å². The molecule has 1 heterocycles. The number of aliphatic hydroxyl groups is 2. The average molecular weight is 1020 g/mol. The monoisotopic (exact) mass is 1020 g/mol. The van der Waals surface area contributed by atoms with E-state index >= 15 is 0 Å². The highest BCUT2D eigenvalue weighted by Gasteiger charge is 2.40. The molecule has 1 aromatic carbocycles. The maximum Gasteiger partial charge on any atom is 0.328 e. The molecule has 0 aliphatic carbocycles. The highest BCUT2D eigenvalue weighted by molar-refractivity contribution is 5.99. The Hall–Kier alpha value is -7.50. The number of unbranched alkanes of at least 4 members (excludes halogenated alkanes) is 1. The zero-order valence-corrected chi connectivity index (χ0v) is 39.7. The molecule has 1 fully saturated rings. The van der Waals surface area contributed by atoms with Crippen LogP contribution in [0.4, 0.5) is 0 Å². The standard InChI is InChI=1S/C43H66N12O17/c1-20(42(70)55-15-5-7-30(55)41(69)52-28(18-33(61)62)39(67)54-34(21(2)57)43(71)72)48-40(68)29(19-56)53-38(66)27(17-32(47)60)51-37(65)26(16-22-8-10-23(58)11-9-22)50-36(64)25(6-3-4-14-44)49-35(63)24(45)12-13-31(46)59/h8-11,20-21,24-30,34,56-58H,3-7,12-19,44-45H2,1-2H3,(H2,46,59)(H2,47,60)(H,48,68)(H,49,63)(H,50,64)(H,51,65)(H,52,69)(H,53,66)(H,54,67)(H,61,62)(H,71,72)/t20-,21+,24-,25-,26-,27-,28-,29-,30-,34-/m0/s1. The Balaban J connectivity index is 2.28. The molecule has 29 heteroatoms. The van der Waals surface area contributed by atoms with Crippen LogP contribution in [0.1, 0.15) is 77.2 Å². The molecule has 400 valence electrons. The molecule has 0 unspecified atom stereocenters. The zero-order valence-electron chi connectivity index (χ0n) is 39.7. The van der Waals surface area contributed by atoms with Crippen LogP contribution >= 0.6 is 0 Å². The molecule has 0 bridgehead atoms. The van der Waals surface area contributed by atoms with Crippen LogP contribution in [0.3, 0.4) is 0 Å². The van der Waals surface area contributed by atoms with Crippen molar-refractivity contribution in [1.82, 2.24) is 42.1 Å². The second kappa shape index (κ2) is 29.6. The van der Waals surface area contributed by atoms with E-state index in [-0.39, 0.29) is 57.4 Å². The fourth-order valence-corrected chi connectivity index (χ4v) is 7.19. The van der Waals surface area contributed by atoms with Crippen molar-refractivity contribution < 1.29 is 83.1 Å². The summed E-state index contributed by atoms with van der Waals surface area (Å²) in [4.78, 5) is 155. The fourth-order valence-electron chi connectivity index (χ4n) is 7.19. The maximum atomic E-state index is 14.0. The Morgan fingerprint density at radius 1 is 0.681 bits per heavy atom. The van der Waals surface area contributed by atoms with Crippen molar-refractivity contribution in [2.45, 2.75) is 139 Å². The second-order valence-electron chi connectivity index (χ2n) is 17.0. The number of hydrogen-bond acceptors (Lipinski definition) is 17. The summed E-state index contributed by atoms with van der Waals surface area (Å²) in [7, 11) is 0. The minimum absolute atomic E-state index is 0.00712. The first kappa shape index (κ1) is 60.6. The van der Waals surface area contributed by atoms with Gasteiger partial charge < -0.3 is 90.6 Å². The number of carboxylic acids is 2. The first-order valence-corrected chi connectivity index (χ1v) is 22.8. The van der Waals surface area contributed by atoms with Crippen LogP contribution in [0.2, 0.25) is 0 Å². The van der Waals surface area contributed by atoms with Crippen molar-refractivity contribution in [3.05, 3.63) is 29.8 Å². The summed E-state index contributed by atoms with van der Waals surface area (Å²) >= 11 is 0. The van der Waals surface area contributed by atoms with Crippen LogP contribution in [0.15, 0.2) is 24.3 Å². The first-order valence-electron chi connectivity index (χ1n) is 22.8. The van der Waals surface area contributed by atoms with Gasteiger partial charge in [-0.3, -0.25) is 52.7 Å². The van der Waals surface area contributed by atoms with Gasteiger partial charge in [-0.2, -0.15) is 0 Å². The molecule has 10 amide bonds. The minimum atomic E-state index is -1.86. The number of carboxylic acid groups (broad SMARTS) is 2. The molecular formula is C43H66N12O17. The molecule has 1 aromatic rings. The number of hydrogen-bond donors (Lipinski definition) is 16. The predicted molar refractivity (Wildman–Crippen MR) is 248 cm³/mol. The number of nitrogens with two attached hydrogens (primary N) is 4. The summed E-state index contributed by atoms with van der Waals surface area (Å²) in [6.45, 7) is 1.31. The van der Waals surface area contributed by atoms with E-state index in [9.17, 15) is 83.1 Å². The van der Waals surface area contributed by atoms with Gasteiger partial charge in [-0.25, -0.2) is 4.79 Å². The van der Waals surface area contributed by atoms with Gasteiger partial charge >= 0.3 is 11.9 Å². The summed E-state index contributed by atoms with van der Waals surface area (Å²) in [6.07, 6.45) is -3.17. The number of benzene rings is 1. The van der Waals surface area contributed by atoms with E-state index in [0.29, 0.717) is 18.4 Å². The number of nitrogens with one attached hydrogen (secondary N) is 7. The molecule has 1 aliphatic heterocycles. The highest BCUT2D eigenvalue weighted by atomic mass is 16.4. The Kier molecular flexibility index (Phi) is 24.9. The van der Waals surface area contributed by atoms with Gasteiger partial charge in [0.05, 0.1) is 31.6 Å². The summed E-state index contributed by atoms with van der Waals surface area (Å²) in [5.41, 5.74) is 22.5. The lowest BCUT2D eigenvalue weighted by atomic mass is 10.0. The van der Waals surface area contributed by atoms with E-state index in [0.717, 1.165) is 11.8 Å². The van der Waals surface area contributed by atoms with Gasteiger partial charge in [0.1, 0.15) is 48.0 Å². The summed E-state index contributed by atoms with van der Waals surface area (Å²) in [5.74, 6) is -13.5. The summed E-state index contributed by atoms with van der Waals surface area (Å²) < 4.78 is 0.